The van der Waals surface area contributed by atoms with Crippen molar-refractivity contribution in [3.8, 4) is 5.75 Å². The van der Waals surface area contributed by atoms with Gasteiger partial charge in [0.05, 0.1) is 31.9 Å². The predicted molar refractivity (Wildman–Crippen MR) is 171 cm³/mol. The third kappa shape index (κ3) is 8.49. The van der Waals surface area contributed by atoms with Gasteiger partial charge in [0, 0.05) is 24.8 Å². The Kier molecular flexibility index (Phi) is 11.8. The first-order chi connectivity index (χ1) is 20.8. The zero-order chi connectivity index (χ0) is 32.6. The Balaban J connectivity index is 1.75. The molecule has 0 saturated carbocycles. The second-order valence-corrected chi connectivity index (χ2v) is 12.1. The van der Waals surface area contributed by atoms with Crippen molar-refractivity contribution in [3.05, 3.63) is 53.6 Å². The molecular weight excluding hydrogens is 562 g/mol. The van der Waals surface area contributed by atoms with Crippen LogP contribution in [0.5, 0.6) is 5.75 Å². The number of anilines is 2. The van der Waals surface area contributed by atoms with Crippen molar-refractivity contribution in [2.24, 2.45) is 5.92 Å². The Labute approximate surface area is 260 Å². The van der Waals surface area contributed by atoms with E-state index in [1.807, 2.05) is 52.0 Å². The van der Waals surface area contributed by atoms with Crippen molar-refractivity contribution in [1.29, 1.82) is 0 Å². The smallest absolute Gasteiger partial charge is 0.328 e. The lowest BCUT2D eigenvalue weighted by Crippen LogP contribution is -2.49. The predicted octanol–water partition coefficient (Wildman–Crippen LogP) is 5.54. The molecule has 0 aliphatic carbocycles. The Morgan fingerprint density at radius 1 is 1.00 bits per heavy atom. The first kappa shape index (κ1) is 34.4. The number of nitrogens with zero attached hydrogens (tertiary/aromatic N) is 2. The molecule has 0 bridgehead atoms. The van der Waals surface area contributed by atoms with Gasteiger partial charge in [0.25, 0.3) is 5.91 Å². The number of benzene rings is 2. The highest BCUT2D eigenvalue weighted by molar-refractivity contribution is 6.07. The normalized spacial score (nSPS) is 15.8. The van der Waals surface area contributed by atoms with Gasteiger partial charge in [-0.1, -0.05) is 38.1 Å². The number of aryl methyl sites for hydroxylation is 1. The van der Waals surface area contributed by atoms with E-state index in [-0.39, 0.29) is 42.8 Å². The summed E-state index contributed by atoms with van der Waals surface area (Å²) >= 11 is 0. The molecule has 1 aliphatic heterocycles. The minimum atomic E-state index is -1.08. The fraction of sp³-hybridized carbons (Fsp3) is 0.515. The average Bonchev–Trinajstić information content (AvgIpc) is 3.11. The van der Waals surface area contributed by atoms with Crippen molar-refractivity contribution in [1.82, 2.24) is 15.1 Å². The number of hydrogen-bond donors (Lipinski definition) is 3. The number of hydrogen-bond acceptors (Lipinski definition) is 7. The number of ether oxygens (including phenoxy) is 2. The lowest BCUT2D eigenvalue weighted by atomic mass is 9.99. The molecule has 11 nitrogen and oxygen atoms in total. The van der Waals surface area contributed by atoms with Gasteiger partial charge in [-0.25, -0.2) is 9.59 Å². The summed E-state index contributed by atoms with van der Waals surface area (Å²) in [6.07, 6.45) is 0.807. The number of urea groups is 2. The van der Waals surface area contributed by atoms with Crippen LogP contribution in [-0.4, -0.2) is 71.6 Å². The van der Waals surface area contributed by atoms with Crippen molar-refractivity contribution in [2.75, 3.05) is 30.9 Å². The van der Waals surface area contributed by atoms with Gasteiger partial charge in [0.2, 0.25) is 0 Å². The van der Waals surface area contributed by atoms with E-state index in [1.54, 1.807) is 43.9 Å². The van der Waals surface area contributed by atoms with Crippen LogP contribution in [0.25, 0.3) is 0 Å². The fourth-order valence-electron chi connectivity index (χ4n) is 5.27. The van der Waals surface area contributed by atoms with Crippen LogP contribution in [-0.2, 0) is 20.9 Å². The molecule has 240 valence electrons. The molecule has 44 heavy (non-hydrogen) atoms. The maximum Gasteiger partial charge on any atom is 0.328 e. The van der Waals surface area contributed by atoms with Crippen LogP contribution >= 0.6 is 0 Å². The van der Waals surface area contributed by atoms with Crippen molar-refractivity contribution < 1.29 is 28.7 Å². The minimum absolute atomic E-state index is 0.168. The largest absolute Gasteiger partial charge is 0.495 e. The van der Waals surface area contributed by atoms with Crippen LogP contribution in [0.3, 0.4) is 0 Å². The lowest BCUT2D eigenvalue weighted by Gasteiger charge is -2.29. The number of imide groups is 1. The summed E-state index contributed by atoms with van der Waals surface area (Å²) in [6, 6.07) is 11.4. The summed E-state index contributed by atoms with van der Waals surface area (Å²) < 4.78 is 10.6. The van der Waals surface area contributed by atoms with E-state index < -0.39 is 17.6 Å². The molecule has 0 unspecified atom stereocenters. The van der Waals surface area contributed by atoms with Gasteiger partial charge in [0.15, 0.2) is 0 Å². The maximum absolute atomic E-state index is 13.9. The summed E-state index contributed by atoms with van der Waals surface area (Å²) in [5.41, 5.74) is 1.75. The summed E-state index contributed by atoms with van der Waals surface area (Å²) in [5, 5.41) is 8.97. The Bertz CT molecular complexity index is 1340. The van der Waals surface area contributed by atoms with Crippen LogP contribution in [0.15, 0.2) is 42.5 Å². The zero-order valence-corrected chi connectivity index (χ0v) is 27.2. The molecule has 1 heterocycles. The number of rotatable bonds is 14. The third-order valence-corrected chi connectivity index (χ3v) is 7.69. The monoisotopic (exact) mass is 609 g/mol. The standard InChI is InChI=1S/C33H47N5O6/c1-9-44-29(39)17-23(5)34-19-25(16-21(2)3)38-30(40)33(6,7)37(32(38)42)20-24-14-15-27(28(18-24)43-8)36-31(41)35-26-13-11-10-12-22(26)4/h10-15,18,21,23,25,34H,9,16-17,19-20H2,1-8H3,(H2,35,36,41)/t23-,25+/m1/s1. The first-order valence-electron chi connectivity index (χ1n) is 15.1. The highest BCUT2D eigenvalue weighted by Crippen LogP contribution is 2.34. The van der Waals surface area contributed by atoms with Gasteiger partial charge in [-0.2, -0.15) is 0 Å². The molecule has 0 aromatic heterocycles. The maximum atomic E-state index is 13.9. The first-order valence-corrected chi connectivity index (χ1v) is 15.1. The molecule has 3 N–H and O–H groups in total. The molecule has 2 atom stereocenters. The Morgan fingerprint density at radius 3 is 2.32 bits per heavy atom. The minimum Gasteiger partial charge on any atom is -0.495 e. The molecule has 5 amide bonds. The second kappa shape index (κ2) is 15.1. The molecule has 11 heteroatoms. The Morgan fingerprint density at radius 2 is 1.68 bits per heavy atom. The second-order valence-electron chi connectivity index (χ2n) is 12.1. The lowest BCUT2D eigenvalue weighted by molar-refractivity contribution is -0.143. The molecular formula is C33H47N5O6. The molecule has 1 aliphatic rings. The van der Waals surface area contributed by atoms with Gasteiger partial charge in [0.1, 0.15) is 11.3 Å². The van der Waals surface area contributed by atoms with Crippen molar-refractivity contribution >= 4 is 35.3 Å². The van der Waals surface area contributed by atoms with Gasteiger partial charge >= 0.3 is 18.0 Å². The topological polar surface area (TPSA) is 129 Å². The average molecular weight is 610 g/mol. The summed E-state index contributed by atoms with van der Waals surface area (Å²) in [7, 11) is 1.51. The molecule has 0 radical (unpaired) electrons. The summed E-state index contributed by atoms with van der Waals surface area (Å²) in [5.74, 6) is 0.0861. The van der Waals surface area contributed by atoms with E-state index in [0.29, 0.717) is 36.7 Å². The number of carbonyl (C=O) groups is 4. The number of carbonyl (C=O) groups excluding carboxylic acids is 4. The van der Waals surface area contributed by atoms with Crippen molar-refractivity contribution in [2.45, 2.75) is 85.5 Å². The van der Waals surface area contributed by atoms with Gasteiger partial charge < -0.3 is 30.3 Å². The SMILES string of the molecule is CCOC(=O)C[C@@H](C)NC[C@H](CC(C)C)N1C(=O)N(Cc2ccc(NC(=O)Nc3ccccc3C)c(OC)c2)C(C)(C)C1=O. The van der Waals surface area contributed by atoms with Gasteiger partial charge in [-0.05, 0) is 76.3 Å². The molecule has 1 fully saturated rings. The number of nitrogens with one attached hydrogen (secondary N) is 3. The van der Waals surface area contributed by atoms with Crippen LogP contribution in [0, 0.1) is 12.8 Å². The molecule has 0 spiro atoms. The number of methoxy groups -OCH3 is 1. The van der Waals surface area contributed by atoms with Crippen LogP contribution in [0.4, 0.5) is 21.0 Å². The van der Waals surface area contributed by atoms with Crippen molar-refractivity contribution in [3.63, 3.8) is 0 Å². The molecule has 2 aromatic carbocycles. The molecule has 3 rings (SSSR count). The Hall–Kier alpha value is -4.12. The number of para-hydroxylation sites is 1. The zero-order valence-electron chi connectivity index (χ0n) is 27.2. The van der Waals surface area contributed by atoms with E-state index in [2.05, 4.69) is 16.0 Å². The third-order valence-electron chi connectivity index (χ3n) is 7.69. The van der Waals surface area contributed by atoms with E-state index in [1.165, 1.54) is 12.0 Å². The summed E-state index contributed by atoms with van der Waals surface area (Å²) in [4.78, 5) is 55.1. The fourth-order valence-corrected chi connectivity index (χ4v) is 5.27. The highest BCUT2D eigenvalue weighted by atomic mass is 16.5. The van der Waals surface area contributed by atoms with Crippen LogP contribution in [0.1, 0.15) is 65.5 Å². The summed E-state index contributed by atoms with van der Waals surface area (Å²) in [6.45, 7) is 14.0. The number of amides is 5. The van der Waals surface area contributed by atoms with Crippen LogP contribution < -0.4 is 20.7 Å². The molecule has 2 aromatic rings. The van der Waals surface area contributed by atoms with E-state index in [9.17, 15) is 19.2 Å². The highest BCUT2D eigenvalue weighted by Gasteiger charge is 2.53. The van der Waals surface area contributed by atoms with E-state index in [0.717, 1.165) is 11.1 Å². The van der Waals surface area contributed by atoms with E-state index >= 15 is 0 Å². The van der Waals surface area contributed by atoms with Gasteiger partial charge in [-0.3, -0.25) is 14.5 Å². The molecule has 1 saturated heterocycles. The van der Waals surface area contributed by atoms with Gasteiger partial charge in [-0.15, -0.1) is 0 Å². The quantitative estimate of drug-likeness (QED) is 0.190. The number of esters is 1. The van der Waals surface area contributed by atoms with Crippen LogP contribution in [0.2, 0.25) is 0 Å². The van der Waals surface area contributed by atoms with E-state index in [4.69, 9.17) is 9.47 Å².